The van der Waals surface area contributed by atoms with E-state index in [1.807, 2.05) is 6.92 Å². The van der Waals surface area contributed by atoms with E-state index in [1.54, 1.807) is 12.3 Å². The first-order chi connectivity index (χ1) is 12.9. The predicted octanol–water partition coefficient (Wildman–Crippen LogP) is 1.87. The summed E-state index contributed by atoms with van der Waals surface area (Å²) >= 11 is 6.26. The third kappa shape index (κ3) is 3.80. The molecule has 0 spiro atoms. The molecule has 27 heavy (non-hydrogen) atoms. The van der Waals surface area contributed by atoms with E-state index in [4.69, 9.17) is 23.1 Å². The van der Waals surface area contributed by atoms with Crippen molar-refractivity contribution in [1.82, 2.24) is 20.1 Å². The van der Waals surface area contributed by atoms with Gasteiger partial charge in [-0.2, -0.15) is 5.10 Å². The number of hydrogen-bond acceptors (Lipinski definition) is 7. The van der Waals surface area contributed by atoms with Crippen molar-refractivity contribution in [2.45, 2.75) is 25.3 Å². The number of hydrogen-bond donors (Lipinski definition) is 4. The maximum Gasteiger partial charge on any atom is 0.201 e. The Balaban J connectivity index is 1.88. The van der Waals surface area contributed by atoms with Crippen molar-refractivity contribution < 1.29 is 5.11 Å². The summed E-state index contributed by atoms with van der Waals surface area (Å²) in [6.45, 7) is 6.95. The van der Waals surface area contributed by atoms with Crippen LogP contribution >= 0.6 is 11.6 Å². The minimum atomic E-state index is -0.512. The molecule has 10 heteroatoms. The van der Waals surface area contributed by atoms with Crippen molar-refractivity contribution in [2.24, 2.45) is 15.7 Å². The van der Waals surface area contributed by atoms with Gasteiger partial charge in [-0.15, -0.1) is 0 Å². The number of aromatic amines is 1. The number of aliphatic imine (C=N–C) groups is 2. The summed E-state index contributed by atoms with van der Waals surface area (Å²) in [6, 6.07) is 1.72. The molecule has 1 aliphatic heterocycles. The molecule has 6 N–H and O–H groups in total. The van der Waals surface area contributed by atoms with Gasteiger partial charge in [0, 0.05) is 30.4 Å². The highest BCUT2D eigenvalue weighted by molar-refractivity contribution is 6.35. The second-order valence-corrected chi connectivity index (χ2v) is 7.03. The van der Waals surface area contributed by atoms with Crippen LogP contribution in [0.4, 0.5) is 17.3 Å². The summed E-state index contributed by atoms with van der Waals surface area (Å²) < 4.78 is 0. The zero-order valence-electron chi connectivity index (χ0n) is 15.1. The number of aromatic nitrogens is 3. The molecule has 1 fully saturated rings. The Kier molecular flexibility index (Phi) is 5.45. The molecule has 0 aromatic carbocycles. The molecule has 3 heterocycles. The summed E-state index contributed by atoms with van der Waals surface area (Å²) in [5.41, 5.74) is 13.1. The molecule has 2 aromatic heterocycles. The Morgan fingerprint density at radius 2 is 2.19 bits per heavy atom. The lowest BCUT2D eigenvalue weighted by atomic mass is 9.89. The Labute approximate surface area is 162 Å². The Morgan fingerprint density at radius 1 is 1.48 bits per heavy atom. The van der Waals surface area contributed by atoms with Gasteiger partial charge >= 0.3 is 0 Å². The molecule has 0 saturated carbocycles. The van der Waals surface area contributed by atoms with Gasteiger partial charge in [-0.3, -0.25) is 10.1 Å². The molecule has 0 atom stereocenters. The summed E-state index contributed by atoms with van der Waals surface area (Å²) in [5.74, 6) is 1.43. The molecule has 0 radical (unpaired) electrons. The number of nitrogen functional groups attached to an aromatic ring is 1. The lowest BCUT2D eigenvalue weighted by molar-refractivity contribution is 0.135. The fourth-order valence-corrected chi connectivity index (χ4v) is 3.26. The van der Waals surface area contributed by atoms with Crippen LogP contribution in [0, 0.1) is 0 Å². The van der Waals surface area contributed by atoms with Crippen LogP contribution < -0.4 is 11.5 Å². The SMILES string of the molecule is C=Nc1c(N=C(C)N2CCC(N)(CO)CC2)n[nH]c1-c1ccnc(N)c1Cl. The Bertz CT molecular complexity index is 870. The van der Waals surface area contributed by atoms with Gasteiger partial charge in [0.2, 0.25) is 5.82 Å². The van der Waals surface area contributed by atoms with Gasteiger partial charge in [0.15, 0.2) is 0 Å². The summed E-state index contributed by atoms with van der Waals surface area (Å²) in [6.07, 6.45) is 2.95. The molecular formula is C17H23ClN8O. The summed E-state index contributed by atoms with van der Waals surface area (Å²) in [7, 11) is 0. The van der Waals surface area contributed by atoms with Gasteiger partial charge in [-0.1, -0.05) is 11.6 Å². The van der Waals surface area contributed by atoms with Crippen LogP contribution in [0.2, 0.25) is 5.02 Å². The number of halogens is 1. The topological polar surface area (TPSA) is 142 Å². The number of nitrogens with one attached hydrogen (secondary N) is 1. The molecule has 2 aromatic rings. The second-order valence-electron chi connectivity index (χ2n) is 6.65. The fourth-order valence-electron chi connectivity index (χ4n) is 3.05. The fraction of sp³-hybridized carbons (Fsp3) is 0.412. The molecule has 3 rings (SSSR count). The van der Waals surface area contributed by atoms with E-state index >= 15 is 0 Å². The van der Waals surface area contributed by atoms with Crippen molar-refractivity contribution in [1.29, 1.82) is 0 Å². The highest BCUT2D eigenvalue weighted by Gasteiger charge is 2.30. The van der Waals surface area contributed by atoms with Crippen molar-refractivity contribution in [3.8, 4) is 11.3 Å². The number of H-pyrrole nitrogens is 1. The van der Waals surface area contributed by atoms with Crippen LogP contribution in [0.5, 0.6) is 0 Å². The standard InChI is InChI=1S/C17H23ClN8O/c1-10(26-7-4-17(20,9-27)5-8-26)23-16-14(21-2)13(24-25-16)11-3-6-22-15(19)12(11)18/h3,6,27H,2,4-5,7-9,20H2,1H3,(H2,19,22)(H,24,25). The van der Waals surface area contributed by atoms with Gasteiger partial charge in [0.25, 0.3) is 0 Å². The van der Waals surface area contributed by atoms with Crippen LogP contribution in [0.1, 0.15) is 19.8 Å². The first kappa shape index (κ1) is 19.3. The van der Waals surface area contributed by atoms with Crippen LogP contribution in [0.15, 0.2) is 22.2 Å². The molecule has 144 valence electrons. The van der Waals surface area contributed by atoms with Crippen molar-refractivity contribution in [3.63, 3.8) is 0 Å². The van der Waals surface area contributed by atoms with E-state index in [1.165, 1.54) is 0 Å². The van der Waals surface area contributed by atoms with Crippen molar-refractivity contribution >= 4 is 41.5 Å². The molecule has 1 saturated heterocycles. The molecule has 0 aliphatic carbocycles. The van der Waals surface area contributed by atoms with Crippen LogP contribution in [-0.4, -0.2) is 63.0 Å². The van der Waals surface area contributed by atoms with Crippen molar-refractivity contribution in [2.75, 3.05) is 25.4 Å². The van der Waals surface area contributed by atoms with E-state index in [0.717, 1.165) is 5.84 Å². The number of aliphatic hydroxyl groups excluding tert-OH is 1. The lowest BCUT2D eigenvalue weighted by Crippen LogP contribution is -2.53. The van der Waals surface area contributed by atoms with E-state index in [-0.39, 0.29) is 12.4 Å². The third-order valence-electron chi connectivity index (χ3n) is 4.87. The van der Waals surface area contributed by atoms with Gasteiger partial charge in [0.05, 0.1) is 17.3 Å². The molecule has 0 amide bonds. The maximum atomic E-state index is 9.40. The molecule has 1 aliphatic rings. The van der Waals surface area contributed by atoms with Gasteiger partial charge in [0.1, 0.15) is 17.3 Å². The van der Waals surface area contributed by atoms with Gasteiger partial charge in [-0.05, 0) is 32.5 Å². The number of pyridine rings is 1. The average molecular weight is 391 g/mol. The Morgan fingerprint density at radius 3 is 2.81 bits per heavy atom. The summed E-state index contributed by atoms with van der Waals surface area (Å²) in [4.78, 5) is 14.7. The number of likely N-dealkylation sites (tertiary alicyclic amines) is 1. The predicted molar refractivity (Wildman–Crippen MR) is 108 cm³/mol. The number of aliphatic hydroxyl groups is 1. The number of piperidine rings is 1. The number of amidine groups is 1. The maximum absolute atomic E-state index is 9.40. The third-order valence-corrected chi connectivity index (χ3v) is 5.26. The number of anilines is 1. The zero-order chi connectivity index (χ0) is 19.6. The van der Waals surface area contributed by atoms with Crippen LogP contribution in [0.3, 0.4) is 0 Å². The van der Waals surface area contributed by atoms with Gasteiger partial charge < -0.3 is 21.5 Å². The largest absolute Gasteiger partial charge is 0.394 e. The molecular weight excluding hydrogens is 368 g/mol. The summed E-state index contributed by atoms with van der Waals surface area (Å²) in [5, 5.41) is 16.9. The molecule has 0 bridgehead atoms. The van der Waals surface area contributed by atoms with Crippen LogP contribution in [0.25, 0.3) is 11.3 Å². The number of nitrogens with zero attached hydrogens (tertiary/aromatic N) is 5. The van der Waals surface area contributed by atoms with Crippen molar-refractivity contribution in [3.05, 3.63) is 17.3 Å². The number of rotatable bonds is 4. The van der Waals surface area contributed by atoms with E-state index in [0.29, 0.717) is 53.7 Å². The minimum Gasteiger partial charge on any atom is -0.394 e. The normalized spacial score (nSPS) is 17.2. The first-order valence-corrected chi connectivity index (χ1v) is 8.92. The quantitative estimate of drug-likeness (QED) is 0.463. The van der Waals surface area contributed by atoms with E-state index in [2.05, 4.69) is 36.8 Å². The number of nitrogens with two attached hydrogens (primary N) is 2. The highest BCUT2D eigenvalue weighted by Crippen LogP contribution is 2.40. The van der Waals surface area contributed by atoms with Crippen LogP contribution in [-0.2, 0) is 0 Å². The first-order valence-electron chi connectivity index (χ1n) is 8.54. The average Bonchev–Trinajstić information content (AvgIpc) is 3.06. The van der Waals surface area contributed by atoms with E-state index in [9.17, 15) is 5.11 Å². The Hall–Kier alpha value is -2.49. The smallest absolute Gasteiger partial charge is 0.201 e. The lowest BCUT2D eigenvalue weighted by Gasteiger charge is -2.38. The highest BCUT2D eigenvalue weighted by atomic mass is 35.5. The van der Waals surface area contributed by atoms with E-state index < -0.39 is 5.54 Å². The molecule has 0 unspecified atom stereocenters. The second kappa shape index (κ2) is 7.63. The monoisotopic (exact) mass is 390 g/mol. The zero-order valence-corrected chi connectivity index (χ0v) is 15.9. The van der Waals surface area contributed by atoms with Gasteiger partial charge in [-0.25, -0.2) is 9.98 Å². The minimum absolute atomic E-state index is 0.0138. The molecule has 9 nitrogen and oxygen atoms in total.